The van der Waals surface area contributed by atoms with E-state index in [2.05, 4.69) is 71.1 Å². The van der Waals surface area contributed by atoms with Crippen LogP contribution in [0.1, 0.15) is 12.0 Å². The fourth-order valence-electron chi connectivity index (χ4n) is 3.75. The number of anilines is 2. The lowest BCUT2D eigenvalue weighted by atomic mass is 10.1. The number of nitrogens with zero attached hydrogens (tertiary/aromatic N) is 3. The van der Waals surface area contributed by atoms with Gasteiger partial charge in [0.15, 0.2) is 0 Å². The molecule has 2 aliphatic rings. The first-order chi connectivity index (χ1) is 12.2. The Morgan fingerprint density at radius 3 is 2.64 bits per heavy atom. The van der Waals surface area contributed by atoms with Crippen molar-refractivity contribution in [2.75, 3.05) is 51.2 Å². The Labute approximate surface area is 155 Å². The summed E-state index contributed by atoms with van der Waals surface area (Å²) in [6.45, 7) is 9.22. The van der Waals surface area contributed by atoms with E-state index in [0.29, 0.717) is 0 Å². The van der Waals surface area contributed by atoms with Crippen molar-refractivity contribution in [2.45, 2.75) is 23.1 Å². The predicted molar refractivity (Wildman–Crippen MR) is 106 cm³/mol. The molecule has 25 heavy (non-hydrogen) atoms. The Morgan fingerprint density at radius 2 is 1.80 bits per heavy atom. The van der Waals surface area contributed by atoms with Crippen molar-refractivity contribution in [1.82, 2.24) is 9.80 Å². The molecule has 1 radical (unpaired) electrons. The number of rotatable bonds is 4. The molecule has 0 aliphatic carbocycles. The molecule has 4 heteroatoms. The molecule has 0 saturated carbocycles. The Balaban J connectivity index is 1.51. The van der Waals surface area contributed by atoms with E-state index in [0.717, 1.165) is 6.54 Å². The van der Waals surface area contributed by atoms with Gasteiger partial charge < -0.3 is 14.7 Å². The summed E-state index contributed by atoms with van der Waals surface area (Å²) in [7, 11) is 2.22. The summed E-state index contributed by atoms with van der Waals surface area (Å²) >= 11 is 1.88. The quantitative estimate of drug-likeness (QED) is 0.821. The SMILES string of the molecule is Cc1[c]ccc2c1N(CCCN1CCN(C)CC1)c1ccccc1S2. The molecular weight excluding hydrogens is 326 g/mol. The molecule has 1 fully saturated rings. The van der Waals surface area contributed by atoms with E-state index < -0.39 is 0 Å². The van der Waals surface area contributed by atoms with Crippen LogP contribution in [0.25, 0.3) is 0 Å². The largest absolute Gasteiger partial charge is 0.339 e. The van der Waals surface area contributed by atoms with E-state index in [1.54, 1.807) is 0 Å². The smallest absolute Gasteiger partial charge is 0.0588 e. The third-order valence-corrected chi connectivity index (χ3v) is 6.34. The standard InChI is InChI=1S/C21H26N3S/c1-17-7-5-10-20-21(17)24(18-8-3-4-9-19(18)25-20)12-6-11-23-15-13-22(2)14-16-23/h3-5,8-10H,6,11-16H2,1-2H3. The van der Waals surface area contributed by atoms with Gasteiger partial charge in [-0.3, -0.25) is 0 Å². The van der Waals surface area contributed by atoms with Crippen molar-refractivity contribution in [3.05, 3.63) is 48.0 Å². The zero-order chi connectivity index (χ0) is 17.2. The molecule has 2 aromatic rings. The molecule has 0 N–H and O–H groups in total. The lowest BCUT2D eigenvalue weighted by Crippen LogP contribution is -2.45. The second-order valence-electron chi connectivity index (χ2n) is 7.04. The number of piperazine rings is 1. The monoisotopic (exact) mass is 352 g/mol. The molecule has 0 atom stereocenters. The van der Waals surface area contributed by atoms with Gasteiger partial charge in [0, 0.05) is 42.5 Å². The van der Waals surface area contributed by atoms with Gasteiger partial charge >= 0.3 is 0 Å². The highest BCUT2D eigenvalue weighted by atomic mass is 32.2. The molecular formula is C21H26N3S. The molecule has 2 aromatic carbocycles. The minimum Gasteiger partial charge on any atom is -0.339 e. The first-order valence-corrected chi connectivity index (χ1v) is 10.0. The van der Waals surface area contributed by atoms with Gasteiger partial charge in [0.2, 0.25) is 0 Å². The highest BCUT2D eigenvalue weighted by Gasteiger charge is 2.24. The van der Waals surface area contributed by atoms with Crippen molar-refractivity contribution in [3.63, 3.8) is 0 Å². The van der Waals surface area contributed by atoms with Crippen LogP contribution >= 0.6 is 11.8 Å². The van der Waals surface area contributed by atoms with Crippen LogP contribution in [0, 0.1) is 13.0 Å². The minimum absolute atomic E-state index is 1.07. The maximum Gasteiger partial charge on any atom is 0.0588 e. The summed E-state index contributed by atoms with van der Waals surface area (Å²) in [5, 5.41) is 0. The van der Waals surface area contributed by atoms with Gasteiger partial charge in [-0.2, -0.15) is 0 Å². The van der Waals surface area contributed by atoms with Crippen molar-refractivity contribution in [1.29, 1.82) is 0 Å². The van der Waals surface area contributed by atoms with Crippen LogP contribution in [-0.2, 0) is 0 Å². The number of aryl methyl sites for hydroxylation is 1. The molecule has 131 valence electrons. The molecule has 2 aliphatic heterocycles. The average Bonchev–Trinajstić information content (AvgIpc) is 2.63. The molecule has 0 aromatic heterocycles. The van der Waals surface area contributed by atoms with Crippen molar-refractivity contribution < 1.29 is 0 Å². The zero-order valence-electron chi connectivity index (χ0n) is 15.2. The van der Waals surface area contributed by atoms with Crippen LogP contribution in [0.2, 0.25) is 0 Å². The third-order valence-electron chi connectivity index (χ3n) is 5.22. The van der Waals surface area contributed by atoms with Gasteiger partial charge in [-0.15, -0.1) is 0 Å². The van der Waals surface area contributed by atoms with Crippen LogP contribution in [0.15, 0.2) is 46.2 Å². The molecule has 0 bridgehead atoms. The van der Waals surface area contributed by atoms with E-state index >= 15 is 0 Å². The summed E-state index contributed by atoms with van der Waals surface area (Å²) in [5.74, 6) is 0. The Bertz CT molecular complexity index is 738. The molecule has 3 nitrogen and oxygen atoms in total. The first kappa shape index (κ1) is 17.0. The topological polar surface area (TPSA) is 9.72 Å². The molecule has 0 amide bonds. The second-order valence-corrected chi connectivity index (χ2v) is 8.12. The van der Waals surface area contributed by atoms with Gasteiger partial charge in [-0.25, -0.2) is 0 Å². The molecule has 0 unspecified atom stereocenters. The highest BCUT2D eigenvalue weighted by molar-refractivity contribution is 7.99. The van der Waals surface area contributed by atoms with Crippen molar-refractivity contribution >= 4 is 23.1 Å². The van der Waals surface area contributed by atoms with Gasteiger partial charge in [0.25, 0.3) is 0 Å². The van der Waals surface area contributed by atoms with E-state index in [-0.39, 0.29) is 0 Å². The molecule has 1 saturated heterocycles. The Kier molecular flexibility index (Phi) is 5.02. The summed E-state index contributed by atoms with van der Waals surface area (Å²) < 4.78 is 0. The lowest BCUT2D eigenvalue weighted by Gasteiger charge is -2.36. The highest BCUT2D eigenvalue weighted by Crippen LogP contribution is 2.49. The average molecular weight is 353 g/mol. The number of para-hydroxylation sites is 1. The van der Waals surface area contributed by atoms with E-state index in [1.807, 2.05) is 11.8 Å². The number of likely N-dealkylation sites (N-methyl/N-ethyl adjacent to an activating group) is 1. The van der Waals surface area contributed by atoms with Gasteiger partial charge in [-0.05, 0) is 56.8 Å². The van der Waals surface area contributed by atoms with E-state index in [9.17, 15) is 0 Å². The van der Waals surface area contributed by atoms with Gasteiger partial charge in [0.05, 0.1) is 11.4 Å². The maximum absolute atomic E-state index is 3.39. The Morgan fingerprint density at radius 1 is 1.00 bits per heavy atom. The Hall–Kier alpha value is -1.49. The normalized spacial score (nSPS) is 18.1. The summed E-state index contributed by atoms with van der Waals surface area (Å²) in [6.07, 6.45) is 1.19. The van der Waals surface area contributed by atoms with Crippen LogP contribution in [0.3, 0.4) is 0 Å². The number of hydrogen-bond acceptors (Lipinski definition) is 4. The van der Waals surface area contributed by atoms with Crippen LogP contribution in [-0.4, -0.2) is 56.1 Å². The molecule has 4 rings (SSSR count). The van der Waals surface area contributed by atoms with Gasteiger partial charge in [0.1, 0.15) is 0 Å². The second kappa shape index (κ2) is 7.40. The maximum atomic E-state index is 3.39. The van der Waals surface area contributed by atoms with Crippen molar-refractivity contribution in [2.24, 2.45) is 0 Å². The number of hydrogen-bond donors (Lipinski definition) is 0. The van der Waals surface area contributed by atoms with Crippen LogP contribution in [0.4, 0.5) is 11.4 Å². The predicted octanol–water partition coefficient (Wildman–Crippen LogP) is 4.04. The fraction of sp³-hybridized carbons (Fsp3) is 0.429. The number of fused-ring (bicyclic) bond motifs is 2. The molecule has 0 spiro atoms. The summed E-state index contributed by atoms with van der Waals surface area (Å²) in [5.41, 5.74) is 3.95. The third kappa shape index (κ3) is 3.57. The minimum atomic E-state index is 1.07. The van der Waals surface area contributed by atoms with Crippen molar-refractivity contribution in [3.8, 4) is 0 Å². The zero-order valence-corrected chi connectivity index (χ0v) is 16.0. The fourth-order valence-corrected chi connectivity index (χ4v) is 4.92. The van der Waals surface area contributed by atoms with E-state index in [1.165, 1.54) is 65.9 Å². The van der Waals surface area contributed by atoms with Crippen LogP contribution < -0.4 is 4.90 Å². The van der Waals surface area contributed by atoms with E-state index in [4.69, 9.17) is 0 Å². The molecule has 2 heterocycles. The lowest BCUT2D eigenvalue weighted by molar-refractivity contribution is 0.153. The summed E-state index contributed by atoms with van der Waals surface area (Å²) in [4.78, 5) is 10.3. The van der Waals surface area contributed by atoms with Gasteiger partial charge in [-0.1, -0.05) is 30.0 Å². The summed E-state index contributed by atoms with van der Waals surface area (Å²) in [6, 6.07) is 16.4. The number of benzene rings is 2. The van der Waals surface area contributed by atoms with Crippen LogP contribution in [0.5, 0.6) is 0 Å². The first-order valence-electron chi connectivity index (χ1n) is 9.19.